The van der Waals surface area contributed by atoms with Gasteiger partial charge >= 0.3 is 6.18 Å². The number of halogens is 3. The van der Waals surface area contributed by atoms with Gasteiger partial charge in [0, 0.05) is 19.2 Å². The van der Waals surface area contributed by atoms with Crippen molar-refractivity contribution in [3.63, 3.8) is 0 Å². The van der Waals surface area contributed by atoms with Gasteiger partial charge in [-0.2, -0.15) is 13.2 Å². The lowest BCUT2D eigenvalue weighted by Gasteiger charge is -2.10. The second-order valence-electron chi connectivity index (χ2n) is 3.32. The van der Waals surface area contributed by atoms with Gasteiger partial charge in [0.1, 0.15) is 0 Å². The van der Waals surface area contributed by atoms with E-state index < -0.39 is 11.7 Å². The van der Waals surface area contributed by atoms with Crippen molar-refractivity contribution in [3.8, 4) is 0 Å². The highest BCUT2D eigenvalue weighted by Gasteiger charge is 2.30. The third-order valence-corrected chi connectivity index (χ3v) is 2.00. The molecule has 1 amide bonds. The van der Waals surface area contributed by atoms with Gasteiger partial charge < -0.3 is 11.1 Å². The van der Waals surface area contributed by atoms with Gasteiger partial charge in [-0.25, -0.2) is 0 Å². The van der Waals surface area contributed by atoms with Crippen LogP contribution < -0.4 is 11.1 Å². The zero-order valence-electron chi connectivity index (χ0n) is 8.56. The molecule has 0 spiro atoms. The van der Waals surface area contributed by atoms with E-state index in [2.05, 4.69) is 5.32 Å². The smallest absolute Gasteiger partial charge is 0.398 e. The Bertz CT molecular complexity index is 402. The van der Waals surface area contributed by atoms with Crippen molar-refractivity contribution in [2.75, 3.05) is 5.73 Å². The Kier molecular flexibility index (Phi) is 3.41. The Morgan fingerprint density at radius 1 is 1.44 bits per heavy atom. The fourth-order valence-electron chi connectivity index (χ4n) is 1.15. The molecule has 0 unspecified atom stereocenters. The summed E-state index contributed by atoms with van der Waals surface area (Å²) in [5, 5.41) is 2.46. The number of anilines is 1. The van der Waals surface area contributed by atoms with E-state index in [4.69, 9.17) is 5.73 Å². The number of nitrogen functional groups attached to an aromatic ring is 1. The third-order valence-electron chi connectivity index (χ3n) is 2.00. The summed E-state index contributed by atoms with van der Waals surface area (Å²) in [6, 6.07) is 3.05. The number of alkyl halides is 3. The predicted molar refractivity (Wildman–Crippen MR) is 53.4 cm³/mol. The van der Waals surface area contributed by atoms with E-state index in [1.54, 1.807) is 0 Å². The molecule has 0 aromatic heterocycles. The normalized spacial score (nSPS) is 11.2. The first-order valence-corrected chi connectivity index (χ1v) is 4.50. The van der Waals surface area contributed by atoms with E-state index >= 15 is 0 Å². The minimum absolute atomic E-state index is 0.0172. The lowest BCUT2D eigenvalue weighted by Crippen LogP contribution is -2.20. The van der Waals surface area contributed by atoms with Crippen molar-refractivity contribution < 1.29 is 18.0 Å². The molecule has 0 bridgehead atoms. The minimum Gasteiger partial charge on any atom is -0.398 e. The van der Waals surface area contributed by atoms with Crippen LogP contribution in [0.25, 0.3) is 0 Å². The lowest BCUT2D eigenvalue weighted by molar-refractivity contribution is -0.137. The van der Waals surface area contributed by atoms with Gasteiger partial charge in [0.2, 0.25) is 5.91 Å². The highest BCUT2D eigenvalue weighted by Crippen LogP contribution is 2.31. The first-order valence-electron chi connectivity index (χ1n) is 4.50. The molecule has 0 saturated heterocycles. The Morgan fingerprint density at radius 3 is 2.50 bits per heavy atom. The molecule has 6 heteroatoms. The average Bonchev–Trinajstić information content (AvgIpc) is 2.14. The summed E-state index contributed by atoms with van der Waals surface area (Å²) in [6.07, 6.45) is -4.40. The van der Waals surface area contributed by atoms with Gasteiger partial charge in [-0.1, -0.05) is 6.07 Å². The molecule has 0 saturated carbocycles. The molecule has 1 aromatic carbocycles. The molecule has 88 valence electrons. The molecule has 0 heterocycles. The number of amides is 1. The van der Waals surface area contributed by atoms with E-state index in [9.17, 15) is 18.0 Å². The van der Waals surface area contributed by atoms with Crippen LogP contribution in [0.4, 0.5) is 18.9 Å². The maximum Gasteiger partial charge on any atom is 0.416 e. The van der Waals surface area contributed by atoms with Crippen molar-refractivity contribution in [3.05, 3.63) is 29.3 Å². The van der Waals surface area contributed by atoms with Gasteiger partial charge in [0.15, 0.2) is 0 Å². The number of carbonyl (C=O) groups excluding carboxylic acids is 1. The molecule has 3 N–H and O–H groups in total. The first-order chi connectivity index (χ1) is 7.30. The quantitative estimate of drug-likeness (QED) is 0.765. The van der Waals surface area contributed by atoms with Gasteiger partial charge in [-0.05, 0) is 17.7 Å². The van der Waals surface area contributed by atoms with Crippen molar-refractivity contribution in [1.82, 2.24) is 5.32 Å². The maximum atomic E-state index is 12.3. The Morgan fingerprint density at radius 2 is 2.06 bits per heavy atom. The molecule has 0 fully saturated rings. The van der Waals surface area contributed by atoms with E-state index in [-0.39, 0.29) is 18.1 Å². The van der Waals surface area contributed by atoms with Crippen molar-refractivity contribution >= 4 is 11.6 Å². The zero-order valence-corrected chi connectivity index (χ0v) is 8.56. The number of hydrogen-bond acceptors (Lipinski definition) is 2. The maximum absolute atomic E-state index is 12.3. The highest BCUT2D eigenvalue weighted by molar-refractivity contribution is 5.73. The Balaban J connectivity index is 2.88. The fraction of sp³-hybridized carbons (Fsp3) is 0.300. The molecule has 0 atom stereocenters. The molecule has 0 aliphatic heterocycles. The van der Waals surface area contributed by atoms with Crippen LogP contribution in [0.15, 0.2) is 18.2 Å². The van der Waals surface area contributed by atoms with Gasteiger partial charge in [-0.3, -0.25) is 4.79 Å². The van der Waals surface area contributed by atoms with E-state index in [1.807, 2.05) is 0 Å². The number of nitrogens with two attached hydrogens (primary N) is 1. The van der Waals surface area contributed by atoms with E-state index in [1.165, 1.54) is 13.0 Å². The monoisotopic (exact) mass is 232 g/mol. The summed E-state index contributed by atoms with van der Waals surface area (Å²) in [5.74, 6) is -0.265. The van der Waals surface area contributed by atoms with Crippen LogP contribution in [0.1, 0.15) is 18.1 Å². The summed E-state index contributed by atoms with van der Waals surface area (Å²) in [6.45, 7) is 1.44. The predicted octanol–water partition coefficient (Wildman–Crippen LogP) is 1.92. The molecule has 0 aliphatic carbocycles. The number of benzene rings is 1. The number of rotatable bonds is 2. The standard InChI is InChI=1S/C10H11F3N2O/c1-6(16)15-5-7-2-3-8(4-9(7)14)10(11,12)13/h2-4H,5,14H2,1H3,(H,15,16). The van der Waals surface area contributed by atoms with E-state index in [0.29, 0.717) is 5.56 Å². The molecular formula is C10H11F3N2O. The zero-order chi connectivity index (χ0) is 12.3. The second-order valence-corrected chi connectivity index (χ2v) is 3.32. The Hall–Kier alpha value is -1.72. The SMILES string of the molecule is CC(=O)NCc1ccc(C(F)(F)F)cc1N. The largest absolute Gasteiger partial charge is 0.416 e. The van der Waals surface area contributed by atoms with Crippen LogP contribution >= 0.6 is 0 Å². The van der Waals surface area contributed by atoms with Crippen molar-refractivity contribution in [2.45, 2.75) is 19.6 Å². The van der Waals surface area contributed by atoms with Crippen LogP contribution in [-0.4, -0.2) is 5.91 Å². The number of nitrogens with one attached hydrogen (secondary N) is 1. The molecule has 3 nitrogen and oxygen atoms in total. The van der Waals surface area contributed by atoms with Crippen LogP contribution in [0.5, 0.6) is 0 Å². The average molecular weight is 232 g/mol. The summed E-state index contributed by atoms with van der Waals surface area (Å²) in [4.78, 5) is 10.6. The lowest BCUT2D eigenvalue weighted by atomic mass is 10.1. The van der Waals surface area contributed by atoms with Crippen LogP contribution in [-0.2, 0) is 17.5 Å². The molecule has 0 radical (unpaired) electrons. The number of carbonyl (C=O) groups is 1. The summed E-state index contributed by atoms with van der Waals surface area (Å²) in [5.41, 5.74) is 5.14. The van der Waals surface area contributed by atoms with Gasteiger partial charge in [0.05, 0.1) is 5.56 Å². The molecule has 1 aromatic rings. The van der Waals surface area contributed by atoms with Crippen LogP contribution in [0.2, 0.25) is 0 Å². The summed E-state index contributed by atoms with van der Waals surface area (Å²) in [7, 11) is 0. The third kappa shape index (κ3) is 3.15. The summed E-state index contributed by atoms with van der Waals surface area (Å²) < 4.78 is 36.9. The molecule has 1 rings (SSSR count). The Labute approximate surface area is 90.4 Å². The molecular weight excluding hydrogens is 221 g/mol. The highest BCUT2D eigenvalue weighted by atomic mass is 19.4. The number of hydrogen-bond donors (Lipinski definition) is 2. The molecule has 0 aliphatic rings. The van der Waals surface area contributed by atoms with Gasteiger partial charge in [-0.15, -0.1) is 0 Å². The van der Waals surface area contributed by atoms with Crippen LogP contribution in [0.3, 0.4) is 0 Å². The minimum atomic E-state index is -4.40. The van der Waals surface area contributed by atoms with Gasteiger partial charge in [0.25, 0.3) is 0 Å². The van der Waals surface area contributed by atoms with Crippen molar-refractivity contribution in [2.24, 2.45) is 0 Å². The van der Waals surface area contributed by atoms with E-state index in [0.717, 1.165) is 12.1 Å². The molecule has 16 heavy (non-hydrogen) atoms. The topological polar surface area (TPSA) is 55.1 Å². The fourth-order valence-corrected chi connectivity index (χ4v) is 1.15. The van der Waals surface area contributed by atoms with Crippen molar-refractivity contribution in [1.29, 1.82) is 0 Å². The van der Waals surface area contributed by atoms with Crippen LogP contribution in [0, 0.1) is 0 Å². The summed E-state index contributed by atoms with van der Waals surface area (Å²) >= 11 is 0. The first kappa shape index (κ1) is 12.4. The second kappa shape index (κ2) is 4.42.